The highest BCUT2D eigenvalue weighted by Gasteiger charge is 2.41. The van der Waals surface area contributed by atoms with Gasteiger partial charge in [-0.25, -0.2) is 24.9 Å². The first-order valence-corrected chi connectivity index (χ1v) is 24.5. The van der Waals surface area contributed by atoms with E-state index in [-0.39, 0.29) is 0 Å². The summed E-state index contributed by atoms with van der Waals surface area (Å²) in [6.07, 6.45) is 0. The van der Waals surface area contributed by atoms with Gasteiger partial charge in [0.1, 0.15) is 0 Å². The predicted octanol–water partition coefficient (Wildman–Crippen LogP) is 11.7. The zero-order chi connectivity index (χ0) is 44.8. The van der Waals surface area contributed by atoms with E-state index in [0.717, 1.165) is 55.9 Å². The van der Waals surface area contributed by atoms with E-state index < -0.39 is 8.07 Å². The molecule has 11 aromatic rings. The largest absolute Gasteiger partial charge is 0.228 e. The molecule has 0 saturated heterocycles. The fourth-order valence-electron chi connectivity index (χ4n) is 9.07. The third-order valence-electron chi connectivity index (χ3n) is 12.3. The Balaban J connectivity index is 1.03. The van der Waals surface area contributed by atoms with Gasteiger partial charge in [0.05, 0.1) is 11.4 Å². The molecule has 316 valence electrons. The Hall–Kier alpha value is -8.71. The first kappa shape index (κ1) is 41.0. The highest BCUT2D eigenvalue weighted by atomic mass is 28.3. The quantitative estimate of drug-likeness (QED) is 0.0957. The van der Waals surface area contributed by atoms with Crippen LogP contribution in [0.3, 0.4) is 0 Å². The smallest absolute Gasteiger partial charge is 0.179 e. The van der Waals surface area contributed by atoms with Crippen LogP contribution in [0.4, 0.5) is 0 Å². The van der Waals surface area contributed by atoms with Gasteiger partial charge in [-0.15, -0.1) is 0 Å². The summed E-state index contributed by atoms with van der Waals surface area (Å²) < 4.78 is 0. The van der Waals surface area contributed by atoms with Crippen molar-refractivity contribution in [2.75, 3.05) is 0 Å². The van der Waals surface area contributed by atoms with Crippen molar-refractivity contribution in [2.24, 2.45) is 0 Å². The van der Waals surface area contributed by atoms with Crippen LogP contribution >= 0.6 is 0 Å². The Labute approximate surface area is 391 Å². The molecule has 67 heavy (non-hydrogen) atoms. The molecule has 6 heteroatoms. The van der Waals surface area contributed by atoms with Crippen molar-refractivity contribution in [2.45, 2.75) is 0 Å². The Morgan fingerprint density at radius 1 is 0.194 bits per heavy atom. The summed E-state index contributed by atoms with van der Waals surface area (Å²) in [5, 5.41) is 5.16. The monoisotopic (exact) mass is 873 g/mol. The highest BCUT2D eigenvalue weighted by Crippen LogP contribution is 2.32. The van der Waals surface area contributed by atoms with Gasteiger partial charge in [0.15, 0.2) is 31.4 Å². The zero-order valence-electron chi connectivity index (χ0n) is 36.6. The average molecular weight is 874 g/mol. The summed E-state index contributed by atoms with van der Waals surface area (Å²) in [5.74, 6) is 2.48. The molecule has 0 aliphatic heterocycles. The molecule has 9 aromatic carbocycles. The first-order chi connectivity index (χ1) is 33.2. The van der Waals surface area contributed by atoms with Gasteiger partial charge in [-0.2, -0.15) is 0 Å². The Kier molecular flexibility index (Phi) is 11.3. The number of hydrogen-bond acceptors (Lipinski definition) is 5. The lowest BCUT2D eigenvalue weighted by Crippen LogP contribution is -2.74. The number of hydrogen-bond donors (Lipinski definition) is 0. The van der Waals surface area contributed by atoms with Crippen LogP contribution < -0.4 is 20.7 Å². The molecule has 11 rings (SSSR count). The van der Waals surface area contributed by atoms with Crippen LogP contribution in [0.5, 0.6) is 0 Å². The second kappa shape index (κ2) is 18.4. The van der Waals surface area contributed by atoms with Crippen LogP contribution in [0.25, 0.3) is 79.2 Å². The molecule has 0 bridgehead atoms. The van der Waals surface area contributed by atoms with E-state index in [1.165, 1.54) is 20.7 Å². The van der Waals surface area contributed by atoms with Crippen molar-refractivity contribution in [1.29, 1.82) is 0 Å². The SMILES string of the molecule is c1ccc(-c2cc(-c3ccccc3)nc(-c3cccc(-c4cccc(-c5nc(-c6ccccc6)nc(-c6cccc([Si](c7ccccc7)(c7ccccc7)c7ccccc7)c6)n5)c4)c3)n2)cc1. The topological polar surface area (TPSA) is 64.5 Å². The van der Waals surface area contributed by atoms with E-state index in [4.69, 9.17) is 24.9 Å². The van der Waals surface area contributed by atoms with Crippen molar-refractivity contribution in [3.8, 4) is 79.2 Å². The molecule has 0 radical (unpaired) electrons. The van der Waals surface area contributed by atoms with Gasteiger partial charge >= 0.3 is 0 Å². The van der Waals surface area contributed by atoms with Crippen LogP contribution in [0.1, 0.15) is 0 Å². The molecule has 0 N–H and O–H groups in total. The minimum atomic E-state index is -2.81. The summed E-state index contributed by atoms with van der Waals surface area (Å²) in [5.41, 5.74) is 9.52. The van der Waals surface area contributed by atoms with Crippen LogP contribution in [-0.2, 0) is 0 Å². The van der Waals surface area contributed by atoms with E-state index in [9.17, 15) is 0 Å². The van der Waals surface area contributed by atoms with Gasteiger partial charge < -0.3 is 0 Å². The molecule has 0 fully saturated rings. The number of rotatable bonds is 11. The van der Waals surface area contributed by atoms with Gasteiger partial charge in [-0.3, -0.25) is 0 Å². The Bertz CT molecular complexity index is 3290. The van der Waals surface area contributed by atoms with Gasteiger partial charge in [0.25, 0.3) is 0 Å². The zero-order valence-corrected chi connectivity index (χ0v) is 37.6. The first-order valence-electron chi connectivity index (χ1n) is 22.5. The number of benzene rings is 9. The average Bonchev–Trinajstić information content (AvgIpc) is 3.43. The van der Waals surface area contributed by atoms with E-state index in [1.54, 1.807) is 0 Å². The maximum atomic E-state index is 5.29. The fourth-order valence-corrected chi connectivity index (χ4v) is 13.9. The molecular weight excluding hydrogens is 831 g/mol. The van der Waals surface area contributed by atoms with Gasteiger partial charge in [0, 0.05) is 33.4 Å². The summed E-state index contributed by atoms with van der Waals surface area (Å²) >= 11 is 0. The molecule has 2 aromatic heterocycles. The van der Waals surface area contributed by atoms with Crippen LogP contribution in [-0.4, -0.2) is 33.0 Å². The van der Waals surface area contributed by atoms with Crippen molar-refractivity contribution in [3.05, 3.63) is 261 Å². The van der Waals surface area contributed by atoms with Crippen molar-refractivity contribution < 1.29 is 0 Å². The number of aromatic nitrogens is 5. The summed E-state index contributed by atoms with van der Waals surface area (Å²) in [7, 11) is -2.81. The molecule has 0 aliphatic carbocycles. The summed E-state index contributed by atoms with van der Waals surface area (Å²) in [6.45, 7) is 0. The van der Waals surface area contributed by atoms with Gasteiger partial charge in [-0.1, -0.05) is 243 Å². The molecule has 0 atom stereocenters. The van der Waals surface area contributed by atoms with Crippen LogP contribution in [0, 0.1) is 0 Å². The molecule has 5 nitrogen and oxygen atoms in total. The lowest BCUT2D eigenvalue weighted by Gasteiger charge is -2.34. The van der Waals surface area contributed by atoms with E-state index in [2.05, 4.69) is 206 Å². The van der Waals surface area contributed by atoms with Crippen molar-refractivity contribution in [3.63, 3.8) is 0 Å². The van der Waals surface area contributed by atoms with E-state index in [0.29, 0.717) is 23.3 Å². The van der Waals surface area contributed by atoms with Crippen LogP contribution in [0.15, 0.2) is 261 Å². The third-order valence-corrected chi connectivity index (χ3v) is 17.1. The van der Waals surface area contributed by atoms with E-state index >= 15 is 0 Å². The second-order valence-corrected chi connectivity index (χ2v) is 20.3. The lowest BCUT2D eigenvalue weighted by molar-refractivity contribution is 1.07. The van der Waals surface area contributed by atoms with Crippen LogP contribution in [0.2, 0.25) is 0 Å². The normalized spacial score (nSPS) is 11.3. The minimum Gasteiger partial charge on any atom is -0.228 e. The minimum absolute atomic E-state index is 0.594. The molecule has 0 unspecified atom stereocenters. The fraction of sp³-hybridized carbons (Fsp3) is 0. The third kappa shape index (κ3) is 8.30. The summed E-state index contributed by atoms with van der Waals surface area (Å²) in [6, 6.07) is 91.5. The molecule has 0 saturated carbocycles. The number of nitrogens with zero attached hydrogens (tertiary/aromatic N) is 5. The lowest BCUT2D eigenvalue weighted by atomic mass is 10.00. The van der Waals surface area contributed by atoms with Gasteiger partial charge in [-0.05, 0) is 50.1 Å². The highest BCUT2D eigenvalue weighted by molar-refractivity contribution is 7.19. The maximum Gasteiger partial charge on any atom is 0.179 e. The van der Waals surface area contributed by atoms with Crippen molar-refractivity contribution >= 4 is 28.8 Å². The Morgan fingerprint density at radius 2 is 0.478 bits per heavy atom. The summed E-state index contributed by atoms with van der Waals surface area (Å²) in [4.78, 5) is 25.9. The molecular formula is C61H43N5Si. The molecule has 0 aliphatic rings. The molecule has 2 heterocycles. The molecule has 0 spiro atoms. The maximum absolute atomic E-state index is 5.29. The standard InChI is InChI=1S/C61H43N5Si/c1-7-22-44(23-8-1)56-43-57(45-24-9-2-10-25-45)63-59(62-56)49-30-19-28-47(40-49)48-29-20-31-50(41-48)60-64-58(46-26-11-3-12-27-46)65-61(66-60)51-32-21-39-55(42-51)67(52-33-13-4-14-34-52,53-35-15-5-16-36-53)54-37-17-6-18-38-54/h1-43H. The Morgan fingerprint density at radius 3 is 0.896 bits per heavy atom. The van der Waals surface area contributed by atoms with Crippen molar-refractivity contribution in [1.82, 2.24) is 24.9 Å². The van der Waals surface area contributed by atoms with E-state index in [1.807, 2.05) is 54.6 Å². The molecule has 0 amide bonds. The van der Waals surface area contributed by atoms with Gasteiger partial charge in [0.2, 0.25) is 0 Å². The second-order valence-electron chi connectivity index (χ2n) is 16.5. The predicted molar refractivity (Wildman–Crippen MR) is 277 cm³/mol.